The van der Waals surface area contributed by atoms with Crippen molar-refractivity contribution in [3.63, 3.8) is 0 Å². The summed E-state index contributed by atoms with van der Waals surface area (Å²) in [5, 5.41) is 3.06. The van der Waals surface area contributed by atoms with Gasteiger partial charge in [0.1, 0.15) is 5.75 Å². The molecule has 1 amide bonds. The summed E-state index contributed by atoms with van der Waals surface area (Å²) in [6, 6.07) is 7.39. The molecule has 21 heavy (non-hydrogen) atoms. The summed E-state index contributed by atoms with van der Waals surface area (Å²) in [4.78, 5) is 12.4. The van der Waals surface area contributed by atoms with Gasteiger partial charge >= 0.3 is 0 Å². The van der Waals surface area contributed by atoms with E-state index in [0.29, 0.717) is 36.3 Å². The minimum absolute atomic E-state index is 0.0552. The fourth-order valence-corrected chi connectivity index (χ4v) is 3.12. The second-order valence-electron chi connectivity index (χ2n) is 5.68. The van der Waals surface area contributed by atoms with E-state index < -0.39 is 0 Å². The Morgan fingerprint density at radius 2 is 2.00 bits per heavy atom. The first-order valence-electron chi connectivity index (χ1n) is 7.96. The minimum Gasteiger partial charge on any atom is -0.493 e. The summed E-state index contributed by atoms with van der Waals surface area (Å²) in [5.41, 5.74) is 6.45. The maximum Gasteiger partial charge on any atom is 0.255 e. The van der Waals surface area contributed by atoms with Crippen molar-refractivity contribution < 1.29 is 9.53 Å². The molecule has 0 saturated heterocycles. The standard InChI is InChI=1S/C17H26N2O2/c1-2-21-16-10-6-5-9-15(16)17(20)19-12-14-8-4-3-7-13(14)11-18/h5-6,9-10,13-14H,2-4,7-8,11-12,18H2,1H3,(H,19,20). The van der Waals surface area contributed by atoms with Crippen molar-refractivity contribution in [3.8, 4) is 5.75 Å². The third kappa shape index (κ3) is 4.21. The fourth-order valence-electron chi connectivity index (χ4n) is 3.12. The zero-order chi connectivity index (χ0) is 15.1. The molecule has 2 unspecified atom stereocenters. The van der Waals surface area contributed by atoms with E-state index in [4.69, 9.17) is 10.5 Å². The van der Waals surface area contributed by atoms with Gasteiger partial charge in [-0.05, 0) is 50.3 Å². The van der Waals surface area contributed by atoms with Crippen LogP contribution < -0.4 is 15.8 Å². The Kier molecular flexibility index (Phi) is 6.05. The van der Waals surface area contributed by atoms with Gasteiger partial charge in [-0.1, -0.05) is 25.0 Å². The smallest absolute Gasteiger partial charge is 0.255 e. The zero-order valence-electron chi connectivity index (χ0n) is 12.8. The Morgan fingerprint density at radius 1 is 1.29 bits per heavy atom. The highest BCUT2D eigenvalue weighted by Gasteiger charge is 2.24. The number of carbonyl (C=O) groups excluding carboxylic acids is 1. The van der Waals surface area contributed by atoms with Crippen LogP contribution in [-0.2, 0) is 0 Å². The highest BCUT2D eigenvalue weighted by atomic mass is 16.5. The molecule has 4 heteroatoms. The number of nitrogens with two attached hydrogens (primary N) is 1. The maximum absolute atomic E-state index is 12.4. The van der Waals surface area contributed by atoms with Gasteiger partial charge in [0.25, 0.3) is 5.91 Å². The first-order chi connectivity index (χ1) is 10.3. The van der Waals surface area contributed by atoms with E-state index in [2.05, 4.69) is 5.32 Å². The average molecular weight is 290 g/mol. The summed E-state index contributed by atoms with van der Waals surface area (Å²) in [6.07, 6.45) is 4.86. The molecule has 0 aromatic heterocycles. The van der Waals surface area contributed by atoms with Crippen LogP contribution in [0.25, 0.3) is 0 Å². The Bertz CT molecular complexity index is 462. The monoisotopic (exact) mass is 290 g/mol. The lowest BCUT2D eigenvalue weighted by molar-refractivity contribution is 0.0931. The number of amides is 1. The van der Waals surface area contributed by atoms with Crippen LogP contribution in [0.15, 0.2) is 24.3 Å². The predicted molar refractivity (Wildman–Crippen MR) is 84.4 cm³/mol. The van der Waals surface area contributed by atoms with E-state index in [0.717, 1.165) is 13.0 Å². The van der Waals surface area contributed by atoms with Crippen molar-refractivity contribution in [3.05, 3.63) is 29.8 Å². The lowest BCUT2D eigenvalue weighted by Gasteiger charge is -2.30. The molecule has 0 aliphatic heterocycles. The maximum atomic E-state index is 12.4. The van der Waals surface area contributed by atoms with Crippen LogP contribution in [0.2, 0.25) is 0 Å². The summed E-state index contributed by atoms with van der Waals surface area (Å²) < 4.78 is 5.51. The Hall–Kier alpha value is -1.55. The van der Waals surface area contributed by atoms with Crippen molar-refractivity contribution >= 4 is 5.91 Å². The molecule has 1 aliphatic carbocycles. The van der Waals surface area contributed by atoms with Crippen molar-refractivity contribution in [1.82, 2.24) is 5.32 Å². The van der Waals surface area contributed by atoms with E-state index in [-0.39, 0.29) is 5.91 Å². The molecule has 2 atom stereocenters. The molecule has 1 saturated carbocycles. The van der Waals surface area contributed by atoms with Gasteiger partial charge in [0, 0.05) is 6.54 Å². The molecule has 0 spiro atoms. The number of nitrogens with one attached hydrogen (secondary N) is 1. The van der Waals surface area contributed by atoms with Gasteiger partial charge in [0.05, 0.1) is 12.2 Å². The highest BCUT2D eigenvalue weighted by Crippen LogP contribution is 2.29. The van der Waals surface area contributed by atoms with E-state index in [1.165, 1.54) is 19.3 Å². The summed E-state index contributed by atoms with van der Waals surface area (Å²) in [5.74, 6) is 1.64. The normalized spacial score (nSPS) is 21.8. The van der Waals surface area contributed by atoms with Crippen molar-refractivity contribution in [2.24, 2.45) is 17.6 Å². The van der Waals surface area contributed by atoms with Crippen molar-refractivity contribution in [2.75, 3.05) is 19.7 Å². The van der Waals surface area contributed by atoms with Gasteiger partial charge in [-0.2, -0.15) is 0 Å². The first kappa shape index (κ1) is 15.8. The summed E-state index contributed by atoms with van der Waals surface area (Å²) in [7, 11) is 0. The van der Waals surface area contributed by atoms with E-state index in [1.54, 1.807) is 0 Å². The molecule has 0 bridgehead atoms. The lowest BCUT2D eigenvalue weighted by Crippen LogP contribution is -2.37. The highest BCUT2D eigenvalue weighted by molar-refractivity contribution is 5.96. The van der Waals surface area contributed by atoms with Crippen molar-refractivity contribution in [2.45, 2.75) is 32.6 Å². The van der Waals surface area contributed by atoms with E-state index >= 15 is 0 Å². The summed E-state index contributed by atoms with van der Waals surface area (Å²) in [6.45, 7) is 3.90. The van der Waals surface area contributed by atoms with Gasteiger partial charge < -0.3 is 15.8 Å². The van der Waals surface area contributed by atoms with Gasteiger partial charge in [-0.15, -0.1) is 0 Å². The van der Waals surface area contributed by atoms with Crippen LogP contribution >= 0.6 is 0 Å². The third-order valence-corrected chi connectivity index (χ3v) is 4.33. The van der Waals surface area contributed by atoms with Crippen LogP contribution in [0, 0.1) is 11.8 Å². The molecule has 1 fully saturated rings. The molecule has 0 heterocycles. The van der Waals surface area contributed by atoms with E-state index in [1.807, 2.05) is 31.2 Å². The van der Waals surface area contributed by atoms with Gasteiger partial charge in [0.2, 0.25) is 0 Å². The topological polar surface area (TPSA) is 64.3 Å². The molecule has 116 valence electrons. The van der Waals surface area contributed by atoms with Crippen LogP contribution in [-0.4, -0.2) is 25.6 Å². The average Bonchev–Trinajstić information content (AvgIpc) is 2.53. The number of ether oxygens (including phenoxy) is 1. The van der Waals surface area contributed by atoms with Gasteiger partial charge in [0.15, 0.2) is 0 Å². The number of para-hydroxylation sites is 1. The van der Waals surface area contributed by atoms with Gasteiger partial charge in [-0.3, -0.25) is 4.79 Å². The Morgan fingerprint density at radius 3 is 2.71 bits per heavy atom. The number of hydrogen-bond donors (Lipinski definition) is 2. The molecular formula is C17H26N2O2. The van der Waals surface area contributed by atoms with Crippen LogP contribution in [0.1, 0.15) is 43.0 Å². The van der Waals surface area contributed by atoms with E-state index in [9.17, 15) is 4.79 Å². The third-order valence-electron chi connectivity index (χ3n) is 4.33. The first-order valence-corrected chi connectivity index (χ1v) is 7.96. The van der Waals surface area contributed by atoms with Crippen LogP contribution in [0.4, 0.5) is 0 Å². The number of carbonyl (C=O) groups is 1. The largest absolute Gasteiger partial charge is 0.493 e. The summed E-state index contributed by atoms with van der Waals surface area (Å²) >= 11 is 0. The lowest BCUT2D eigenvalue weighted by atomic mass is 9.79. The van der Waals surface area contributed by atoms with Crippen LogP contribution in [0.5, 0.6) is 5.75 Å². The molecule has 1 aromatic rings. The van der Waals surface area contributed by atoms with Crippen LogP contribution in [0.3, 0.4) is 0 Å². The molecular weight excluding hydrogens is 264 g/mol. The number of hydrogen-bond acceptors (Lipinski definition) is 3. The zero-order valence-corrected chi connectivity index (χ0v) is 12.8. The Labute approximate surface area is 127 Å². The molecule has 3 N–H and O–H groups in total. The van der Waals surface area contributed by atoms with Crippen molar-refractivity contribution in [1.29, 1.82) is 0 Å². The minimum atomic E-state index is -0.0552. The molecule has 2 rings (SSSR count). The molecule has 0 radical (unpaired) electrons. The predicted octanol–water partition coefficient (Wildman–Crippen LogP) is 2.58. The fraction of sp³-hybridized carbons (Fsp3) is 0.588. The number of benzene rings is 1. The quantitative estimate of drug-likeness (QED) is 0.846. The molecule has 4 nitrogen and oxygen atoms in total. The SMILES string of the molecule is CCOc1ccccc1C(=O)NCC1CCCCC1CN. The second kappa shape index (κ2) is 8.03. The second-order valence-corrected chi connectivity index (χ2v) is 5.68. The number of rotatable bonds is 6. The Balaban J connectivity index is 1.95. The molecule has 1 aromatic carbocycles. The molecule has 1 aliphatic rings. The van der Waals surface area contributed by atoms with Gasteiger partial charge in [-0.25, -0.2) is 0 Å².